The van der Waals surface area contributed by atoms with Crippen LogP contribution in [0.5, 0.6) is 11.5 Å². The quantitative estimate of drug-likeness (QED) is 0.708. The van der Waals surface area contributed by atoms with E-state index in [0.29, 0.717) is 30.3 Å². The first kappa shape index (κ1) is 15.6. The number of rotatable bonds is 5. The van der Waals surface area contributed by atoms with Crippen molar-refractivity contribution in [3.05, 3.63) is 56.9 Å². The average molecular weight is 397 g/mol. The molecule has 0 aromatic heterocycles. The summed E-state index contributed by atoms with van der Waals surface area (Å²) in [7, 11) is 0. The Labute approximate surface area is 136 Å². The van der Waals surface area contributed by atoms with Crippen molar-refractivity contribution in [1.82, 2.24) is 0 Å². The fourth-order valence-electron chi connectivity index (χ4n) is 1.77. The van der Waals surface area contributed by atoms with Gasteiger partial charge >= 0.3 is 0 Å². The van der Waals surface area contributed by atoms with Crippen LogP contribution >= 0.6 is 22.6 Å². The SMILES string of the molecule is CCOc1cc(C#N)cc(I)c1OCc1ccc(F)cc1. The predicted octanol–water partition coefficient (Wildman–Crippen LogP) is 4.28. The maximum absolute atomic E-state index is 12.9. The Hall–Kier alpha value is -1.81. The summed E-state index contributed by atoms with van der Waals surface area (Å²) in [6.45, 7) is 2.66. The molecule has 3 nitrogen and oxygen atoms in total. The second kappa shape index (κ2) is 7.27. The van der Waals surface area contributed by atoms with Crippen LogP contribution < -0.4 is 9.47 Å². The normalized spacial score (nSPS) is 10.0. The lowest BCUT2D eigenvalue weighted by Crippen LogP contribution is -2.02. The molecule has 0 unspecified atom stereocenters. The van der Waals surface area contributed by atoms with E-state index >= 15 is 0 Å². The molecule has 108 valence electrons. The lowest BCUT2D eigenvalue weighted by Gasteiger charge is -2.14. The molecular formula is C16H13FINO2. The lowest BCUT2D eigenvalue weighted by atomic mass is 10.2. The fourth-order valence-corrected chi connectivity index (χ4v) is 2.53. The molecule has 0 fully saturated rings. The summed E-state index contributed by atoms with van der Waals surface area (Å²) >= 11 is 2.11. The molecule has 0 spiro atoms. The predicted molar refractivity (Wildman–Crippen MR) is 85.8 cm³/mol. The molecule has 0 atom stereocenters. The van der Waals surface area contributed by atoms with Crippen molar-refractivity contribution >= 4 is 22.6 Å². The van der Waals surface area contributed by atoms with Gasteiger partial charge in [0, 0.05) is 6.07 Å². The number of halogens is 2. The van der Waals surface area contributed by atoms with Crippen molar-refractivity contribution in [2.24, 2.45) is 0 Å². The van der Waals surface area contributed by atoms with Crippen LogP contribution in [0.15, 0.2) is 36.4 Å². The minimum absolute atomic E-state index is 0.276. The molecule has 0 aliphatic heterocycles. The number of benzene rings is 2. The number of ether oxygens (including phenoxy) is 2. The zero-order valence-electron chi connectivity index (χ0n) is 11.4. The number of nitriles is 1. The van der Waals surface area contributed by atoms with Crippen molar-refractivity contribution in [2.45, 2.75) is 13.5 Å². The number of hydrogen-bond acceptors (Lipinski definition) is 3. The summed E-state index contributed by atoms with van der Waals surface area (Å²) in [6.07, 6.45) is 0. The smallest absolute Gasteiger partial charge is 0.175 e. The fraction of sp³-hybridized carbons (Fsp3) is 0.188. The molecule has 0 radical (unpaired) electrons. The third-order valence-electron chi connectivity index (χ3n) is 2.73. The third-order valence-corrected chi connectivity index (χ3v) is 3.54. The Bertz CT molecular complexity index is 665. The second-order valence-corrected chi connectivity index (χ2v) is 5.41. The average Bonchev–Trinajstić information content (AvgIpc) is 2.48. The highest BCUT2D eigenvalue weighted by atomic mass is 127. The summed E-state index contributed by atoms with van der Waals surface area (Å²) in [4.78, 5) is 0. The Morgan fingerprint density at radius 1 is 1.19 bits per heavy atom. The molecule has 0 aliphatic rings. The van der Waals surface area contributed by atoms with Crippen LogP contribution in [0.2, 0.25) is 0 Å². The minimum Gasteiger partial charge on any atom is -0.490 e. The van der Waals surface area contributed by atoms with Gasteiger partial charge in [-0.2, -0.15) is 5.26 Å². The van der Waals surface area contributed by atoms with Gasteiger partial charge in [-0.25, -0.2) is 4.39 Å². The first-order valence-electron chi connectivity index (χ1n) is 6.37. The van der Waals surface area contributed by atoms with E-state index in [1.807, 2.05) is 6.92 Å². The van der Waals surface area contributed by atoms with Gasteiger partial charge in [0.05, 0.1) is 21.8 Å². The van der Waals surface area contributed by atoms with E-state index in [2.05, 4.69) is 28.7 Å². The Morgan fingerprint density at radius 3 is 2.52 bits per heavy atom. The van der Waals surface area contributed by atoms with E-state index in [1.165, 1.54) is 12.1 Å². The minimum atomic E-state index is -0.276. The topological polar surface area (TPSA) is 42.2 Å². The zero-order chi connectivity index (χ0) is 15.2. The summed E-state index contributed by atoms with van der Waals surface area (Å²) in [5.41, 5.74) is 1.39. The molecule has 21 heavy (non-hydrogen) atoms. The molecule has 0 bridgehead atoms. The van der Waals surface area contributed by atoms with Crippen LogP contribution in [0, 0.1) is 20.7 Å². The summed E-state index contributed by atoms with van der Waals surface area (Å²) in [6, 6.07) is 11.6. The van der Waals surface area contributed by atoms with E-state index < -0.39 is 0 Å². The maximum Gasteiger partial charge on any atom is 0.175 e. The lowest BCUT2D eigenvalue weighted by molar-refractivity contribution is 0.267. The highest BCUT2D eigenvalue weighted by Gasteiger charge is 2.12. The molecule has 0 saturated carbocycles. The first-order chi connectivity index (χ1) is 10.1. The molecular weight excluding hydrogens is 384 g/mol. The summed E-state index contributed by atoms with van der Waals surface area (Å²) in [5, 5.41) is 8.99. The Balaban J connectivity index is 2.22. The van der Waals surface area contributed by atoms with Crippen LogP contribution in [-0.2, 0) is 6.61 Å². The van der Waals surface area contributed by atoms with Crippen LogP contribution in [0.1, 0.15) is 18.1 Å². The van der Waals surface area contributed by atoms with Crippen molar-refractivity contribution in [1.29, 1.82) is 5.26 Å². The molecule has 0 saturated heterocycles. The molecule has 2 aromatic rings. The molecule has 2 aromatic carbocycles. The van der Waals surface area contributed by atoms with E-state index in [-0.39, 0.29) is 5.82 Å². The number of nitrogens with zero attached hydrogens (tertiary/aromatic N) is 1. The van der Waals surface area contributed by atoms with Crippen molar-refractivity contribution in [3.63, 3.8) is 0 Å². The summed E-state index contributed by atoms with van der Waals surface area (Å²) in [5.74, 6) is 0.866. The van der Waals surface area contributed by atoms with Crippen molar-refractivity contribution < 1.29 is 13.9 Å². The van der Waals surface area contributed by atoms with E-state index in [0.717, 1.165) is 9.13 Å². The molecule has 0 heterocycles. The molecule has 0 N–H and O–H groups in total. The monoisotopic (exact) mass is 397 g/mol. The summed E-state index contributed by atoms with van der Waals surface area (Å²) < 4.78 is 25.0. The van der Waals surface area contributed by atoms with Crippen LogP contribution in [0.4, 0.5) is 4.39 Å². The van der Waals surface area contributed by atoms with Gasteiger partial charge in [0.2, 0.25) is 0 Å². The highest BCUT2D eigenvalue weighted by molar-refractivity contribution is 14.1. The Kier molecular flexibility index (Phi) is 5.39. The maximum atomic E-state index is 12.9. The van der Waals surface area contributed by atoms with Gasteiger partial charge in [-0.1, -0.05) is 12.1 Å². The van der Waals surface area contributed by atoms with Gasteiger partial charge in [-0.3, -0.25) is 0 Å². The van der Waals surface area contributed by atoms with Gasteiger partial charge in [-0.05, 0) is 53.3 Å². The van der Waals surface area contributed by atoms with E-state index in [9.17, 15) is 4.39 Å². The van der Waals surface area contributed by atoms with Gasteiger partial charge in [0.1, 0.15) is 12.4 Å². The Morgan fingerprint density at radius 2 is 1.90 bits per heavy atom. The first-order valence-corrected chi connectivity index (χ1v) is 7.45. The van der Waals surface area contributed by atoms with E-state index in [4.69, 9.17) is 14.7 Å². The van der Waals surface area contributed by atoms with Gasteiger partial charge in [-0.15, -0.1) is 0 Å². The molecule has 5 heteroatoms. The third kappa shape index (κ3) is 4.08. The van der Waals surface area contributed by atoms with Crippen LogP contribution in [0.25, 0.3) is 0 Å². The van der Waals surface area contributed by atoms with E-state index in [1.54, 1.807) is 24.3 Å². The molecule has 0 amide bonds. The van der Waals surface area contributed by atoms with Crippen LogP contribution in [0.3, 0.4) is 0 Å². The second-order valence-electron chi connectivity index (χ2n) is 4.25. The molecule has 2 rings (SSSR count). The van der Waals surface area contributed by atoms with Gasteiger partial charge in [0.15, 0.2) is 11.5 Å². The van der Waals surface area contributed by atoms with Gasteiger partial charge in [0.25, 0.3) is 0 Å². The largest absolute Gasteiger partial charge is 0.490 e. The standard InChI is InChI=1S/C16H13FINO2/c1-2-20-15-8-12(9-19)7-14(18)16(15)21-10-11-3-5-13(17)6-4-11/h3-8H,2,10H2,1H3. The highest BCUT2D eigenvalue weighted by Crippen LogP contribution is 2.34. The van der Waals surface area contributed by atoms with Gasteiger partial charge < -0.3 is 9.47 Å². The van der Waals surface area contributed by atoms with Crippen molar-refractivity contribution in [3.8, 4) is 17.6 Å². The zero-order valence-corrected chi connectivity index (χ0v) is 13.6. The molecule has 0 aliphatic carbocycles. The van der Waals surface area contributed by atoms with Crippen molar-refractivity contribution in [2.75, 3.05) is 6.61 Å². The number of hydrogen-bond donors (Lipinski definition) is 0. The van der Waals surface area contributed by atoms with Crippen LogP contribution in [-0.4, -0.2) is 6.61 Å².